The topological polar surface area (TPSA) is 94.9 Å². The van der Waals surface area contributed by atoms with Gasteiger partial charge in [0.25, 0.3) is 0 Å². The fraction of sp³-hybridized carbons (Fsp3) is 0. The molecule has 6 nitrogen and oxygen atoms in total. The van der Waals surface area contributed by atoms with E-state index in [2.05, 4.69) is 15.0 Å². The maximum Gasteiger partial charge on any atom is 0.488 e. The summed E-state index contributed by atoms with van der Waals surface area (Å²) < 4.78 is 0. The molecule has 0 atom stereocenters. The molecule has 0 bridgehead atoms. The SMILES string of the molecule is OB(O)c1cccc(-c2nc3c4cccnc4c4ncccc4c3[nH]2)c1. The number of hydrogen-bond donors (Lipinski definition) is 3. The molecule has 0 amide bonds. The van der Waals surface area contributed by atoms with E-state index in [1.165, 1.54) is 0 Å². The molecule has 3 N–H and O–H groups in total. The van der Waals surface area contributed by atoms with Crippen LogP contribution >= 0.6 is 0 Å². The lowest BCUT2D eigenvalue weighted by molar-refractivity contribution is 0.426. The second-order valence-electron chi connectivity index (χ2n) is 6.11. The second kappa shape index (κ2) is 5.62. The average Bonchev–Trinajstić information content (AvgIpc) is 3.14. The lowest BCUT2D eigenvalue weighted by Crippen LogP contribution is -2.29. The van der Waals surface area contributed by atoms with Crippen LogP contribution in [0.4, 0.5) is 0 Å². The normalized spacial score (nSPS) is 11.5. The van der Waals surface area contributed by atoms with Crippen LogP contribution in [0.3, 0.4) is 0 Å². The minimum Gasteiger partial charge on any atom is -0.423 e. The molecular formula is C19H13BN4O2. The number of pyridine rings is 2. The van der Waals surface area contributed by atoms with Gasteiger partial charge in [-0.3, -0.25) is 9.97 Å². The van der Waals surface area contributed by atoms with E-state index in [9.17, 15) is 10.0 Å². The molecule has 5 rings (SSSR count). The standard InChI is InChI=1S/C19H13BN4O2/c25-20(26)12-5-1-4-11(10-12)19-23-17-13-6-2-8-21-15(13)16-14(18(17)24-19)7-3-9-22-16/h1-10,25-26H,(H,23,24). The van der Waals surface area contributed by atoms with Crippen molar-refractivity contribution in [1.82, 2.24) is 19.9 Å². The zero-order valence-electron chi connectivity index (χ0n) is 13.6. The molecule has 0 saturated carbocycles. The highest BCUT2D eigenvalue weighted by molar-refractivity contribution is 6.58. The molecule has 0 spiro atoms. The van der Waals surface area contributed by atoms with Crippen LogP contribution in [0.2, 0.25) is 0 Å². The summed E-state index contributed by atoms with van der Waals surface area (Å²) in [6.45, 7) is 0. The minimum absolute atomic E-state index is 0.418. The van der Waals surface area contributed by atoms with E-state index >= 15 is 0 Å². The maximum absolute atomic E-state index is 9.43. The van der Waals surface area contributed by atoms with Gasteiger partial charge in [-0.2, -0.15) is 0 Å². The number of imidazole rings is 1. The predicted molar refractivity (Wildman–Crippen MR) is 102 cm³/mol. The molecule has 0 aliphatic carbocycles. The van der Waals surface area contributed by atoms with Gasteiger partial charge in [-0.05, 0) is 29.7 Å². The third-order valence-electron chi connectivity index (χ3n) is 4.53. The molecule has 0 unspecified atom stereocenters. The van der Waals surface area contributed by atoms with Crippen LogP contribution in [0.5, 0.6) is 0 Å². The quantitative estimate of drug-likeness (QED) is 0.338. The summed E-state index contributed by atoms with van der Waals surface area (Å²) in [6.07, 6.45) is 3.51. The molecule has 7 heteroatoms. The van der Waals surface area contributed by atoms with Crippen molar-refractivity contribution < 1.29 is 10.0 Å². The van der Waals surface area contributed by atoms with E-state index in [-0.39, 0.29) is 0 Å². The van der Waals surface area contributed by atoms with Crippen LogP contribution in [0.25, 0.3) is 44.2 Å². The molecule has 124 valence electrons. The van der Waals surface area contributed by atoms with Gasteiger partial charge in [0.05, 0.1) is 22.1 Å². The van der Waals surface area contributed by atoms with Crippen molar-refractivity contribution in [2.24, 2.45) is 0 Å². The molecule has 0 aliphatic rings. The first kappa shape index (κ1) is 15.0. The van der Waals surface area contributed by atoms with Crippen molar-refractivity contribution in [3.63, 3.8) is 0 Å². The number of benzene rings is 2. The Labute approximate surface area is 148 Å². The van der Waals surface area contributed by atoms with Gasteiger partial charge in [0.15, 0.2) is 0 Å². The van der Waals surface area contributed by atoms with E-state index in [4.69, 9.17) is 4.98 Å². The number of nitrogens with zero attached hydrogens (tertiary/aromatic N) is 3. The number of nitrogens with one attached hydrogen (secondary N) is 1. The van der Waals surface area contributed by atoms with Gasteiger partial charge in [-0.15, -0.1) is 0 Å². The molecule has 5 aromatic rings. The third kappa shape index (κ3) is 2.18. The monoisotopic (exact) mass is 340 g/mol. The fourth-order valence-electron chi connectivity index (χ4n) is 3.33. The van der Waals surface area contributed by atoms with E-state index in [1.54, 1.807) is 30.6 Å². The highest BCUT2D eigenvalue weighted by Crippen LogP contribution is 2.32. The Kier molecular flexibility index (Phi) is 3.24. The zero-order valence-corrected chi connectivity index (χ0v) is 13.6. The first-order valence-electron chi connectivity index (χ1n) is 8.20. The highest BCUT2D eigenvalue weighted by Gasteiger charge is 2.16. The van der Waals surface area contributed by atoms with Crippen molar-refractivity contribution in [1.29, 1.82) is 0 Å². The van der Waals surface area contributed by atoms with Crippen LogP contribution in [0, 0.1) is 0 Å². The molecule has 3 aromatic heterocycles. The zero-order chi connectivity index (χ0) is 17.7. The lowest BCUT2D eigenvalue weighted by atomic mass is 9.79. The Bertz CT molecular complexity index is 1210. The smallest absolute Gasteiger partial charge is 0.423 e. The Hall–Kier alpha value is -3.29. The van der Waals surface area contributed by atoms with Crippen LogP contribution in [-0.2, 0) is 0 Å². The minimum atomic E-state index is -1.52. The number of H-pyrrole nitrogens is 1. The first-order chi connectivity index (χ1) is 12.7. The highest BCUT2D eigenvalue weighted by atomic mass is 16.4. The molecule has 0 saturated heterocycles. The number of rotatable bonds is 2. The number of hydrogen-bond acceptors (Lipinski definition) is 5. The van der Waals surface area contributed by atoms with E-state index < -0.39 is 7.12 Å². The summed E-state index contributed by atoms with van der Waals surface area (Å²) in [6, 6.07) is 14.8. The Balaban J connectivity index is 1.87. The van der Waals surface area contributed by atoms with Gasteiger partial charge < -0.3 is 15.0 Å². The third-order valence-corrected chi connectivity index (χ3v) is 4.53. The van der Waals surface area contributed by atoms with Gasteiger partial charge in [0.2, 0.25) is 0 Å². The fourth-order valence-corrected chi connectivity index (χ4v) is 3.33. The molecule has 3 heterocycles. The largest absolute Gasteiger partial charge is 0.488 e. The van der Waals surface area contributed by atoms with Gasteiger partial charge in [0.1, 0.15) is 5.82 Å². The van der Waals surface area contributed by atoms with E-state index in [0.29, 0.717) is 11.3 Å². The van der Waals surface area contributed by atoms with Crippen molar-refractivity contribution in [2.75, 3.05) is 0 Å². The van der Waals surface area contributed by atoms with Crippen molar-refractivity contribution in [3.8, 4) is 11.4 Å². The number of aromatic amines is 1. The van der Waals surface area contributed by atoms with Crippen LogP contribution < -0.4 is 5.46 Å². The van der Waals surface area contributed by atoms with Crippen molar-refractivity contribution in [3.05, 3.63) is 60.9 Å². The Morgan fingerprint density at radius 1 is 0.808 bits per heavy atom. The van der Waals surface area contributed by atoms with Crippen LogP contribution in [0.1, 0.15) is 0 Å². The second-order valence-corrected chi connectivity index (χ2v) is 6.11. The van der Waals surface area contributed by atoms with Crippen LogP contribution in [-0.4, -0.2) is 37.1 Å². The van der Waals surface area contributed by atoms with Crippen LogP contribution in [0.15, 0.2) is 60.9 Å². The van der Waals surface area contributed by atoms with Gasteiger partial charge in [-0.1, -0.05) is 24.3 Å². The van der Waals surface area contributed by atoms with E-state index in [0.717, 1.165) is 38.4 Å². The average molecular weight is 340 g/mol. The lowest BCUT2D eigenvalue weighted by Gasteiger charge is -2.03. The maximum atomic E-state index is 9.43. The molecule has 0 aliphatic heterocycles. The van der Waals surface area contributed by atoms with E-state index in [1.807, 2.05) is 30.3 Å². The first-order valence-corrected chi connectivity index (χ1v) is 8.20. The number of fused-ring (bicyclic) bond motifs is 6. The van der Waals surface area contributed by atoms with Gasteiger partial charge in [0, 0.05) is 28.7 Å². The number of aromatic nitrogens is 4. The molecular weight excluding hydrogens is 327 g/mol. The predicted octanol–water partition coefficient (Wildman–Crippen LogP) is 2.01. The summed E-state index contributed by atoms with van der Waals surface area (Å²) in [5, 5.41) is 20.7. The van der Waals surface area contributed by atoms with Crippen molar-refractivity contribution >= 4 is 45.4 Å². The summed E-state index contributed by atoms with van der Waals surface area (Å²) >= 11 is 0. The summed E-state index contributed by atoms with van der Waals surface area (Å²) in [5.74, 6) is 0.656. The van der Waals surface area contributed by atoms with Gasteiger partial charge >= 0.3 is 7.12 Å². The molecule has 2 aromatic carbocycles. The summed E-state index contributed by atoms with van der Waals surface area (Å²) in [4.78, 5) is 17.1. The molecule has 0 fully saturated rings. The summed E-state index contributed by atoms with van der Waals surface area (Å²) in [7, 11) is -1.52. The molecule has 0 radical (unpaired) electrons. The van der Waals surface area contributed by atoms with Crippen molar-refractivity contribution in [2.45, 2.75) is 0 Å². The summed E-state index contributed by atoms with van der Waals surface area (Å²) in [5.41, 5.74) is 4.54. The Morgan fingerprint density at radius 2 is 1.54 bits per heavy atom. The van der Waals surface area contributed by atoms with Gasteiger partial charge in [-0.25, -0.2) is 4.98 Å². The molecule has 26 heavy (non-hydrogen) atoms. The Morgan fingerprint density at radius 3 is 2.31 bits per heavy atom.